The van der Waals surface area contributed by atoms with Gasteiger partial charge >= 0.3 is 6.03 Å². The highest BCUT2D eigenvalue weighted by atomic mass is 16.2. The van der Waals surface area contributed by atoms with Gasteiger partial charge in [0, 0.05) is 36.7 Å². The van der Waals surface area contributed by atoms with Crippen molar-refractivity contribution in [2.45, 2.75) is 33.6 Å². The largest absolute Gasteiger partial charge is 0.338 e. The lowest BCUT2D eigenvalue weighted by atomic mass is 9.98. The summed E-state index contributed by atoms with van der Waals surface area (Å²) in [6.45, 7) is 7.52. The Bertz CT molecular complexity index is 1110. The second-order valence-electron chi connectivity index (χ2n) is 8.15. The molecule has 9 heteroatoms. The van der Waals surface area contributed by atoms with Gasteiger partial charge in [-0.3, -0.25) is 4.79 Å². The summed E-state index contributed by atoms with van der Waals surface area (Å²) in [7, 11) is 0. The number of hydrogen-bond acceptors (Lipinski definition) is 5. The van der Waals surface area contributed by atoms with Crippen molar-refractivity contribution in [1.82, 2.24) is 29.8 Å². The minimum atomic E-state index is -0.244. The lowest BCUT2D eigenvalue weighted by molar-refractivity contribution is 0.0663. The molecule has 1 saturated heterocycles. The van der Waals surface area contributed by atoms with Crippen molar-refractivity contribution in [1.29, 1.82) is 0 Å². The summed E-state index contributed by atoms with van der Waals surface area (Å²) >= 11 is 0. The Morgan fingerprint density at radius 3 is 2.68 bits per heavy atom. The number of carbonyl (C=O) groups excluding carboxylic acids is 2. The third-order valence-electron chi connectivity index (χ3n) is 5.48. The number of fused-ring (bicyclic) bond motifs is 1. The molecule has 162 valence electrons. The van der Waals surface area contributed by atoms with E-state index in [4.69, 9.17) is 0 Å². The summed E-state index contributed by atoms with van der Waals surface area (Å²) in [4.78, 5) is 35.6. The first-order valence-electron chi connectivity index (χ1n) is 10.5. The monoisotopic (exact) mass is 421 g/mol. The lowest BCUT2D eigenvalue weighted by Gasteiger charge is -2.32. The summed E-state index contributed by atoms with van der Waals surface area (Å²) in [6, 6.07) is 9.30. The molecular formula is C22H27N7O2. The van der Waals surface area contributed by atoms with Gasteiger partial charge in [-0.05, 0) is 57.7 Å². The number of hydrogen-bond donors (Lipinski definition) is 2. The smallest absolute Gasteiger partial charge is 0.319 e. The van der Waals surface area contributed by atoms with Crippen molar-refractivity contribution in [2.75, 3.05) is 25.0 Å². The Labute approximate surface area is 180 Å². The molecule has 1 aliphatic rings. The van der Waals surface area contributed by atoms with Gasteiger partial charge in [-0.1, -0.05) is 17.7 Å². The molecule has 1 atom stereocenters. The summed E-state index contributed by atoms with van der Waals surface area (Å²) in [5.41, 5.74) is 3.61. The molecule has 0 radical (unpaired) electrons. The van der Waals surface area contributed by atoms with Gasteiger partial charge in [0.15, 0.2) is 0 Å². The van der Waals surface area contributed by atoms with Crippen LogP contribution in [0.25, 0.3) is 5.78 Å². The molecule has 3 aromatic rings. The van der Waals surface area contributed by atoms with E-state index in [1.54, 1.807) is 9.42 Å². The Balaban J connectivity index is 1.34. The SMILES string of the molecule is Cc1ccc(NC(=O)NCC2CCCN(C(=O)c3nc4nc(C)cc(C)n4n3)C2)cc1. The number of amides is 3. The molecule has 1 aliphatic heterocycles. The van der Waals surface area contributed by atoms with Crippen molar-refractivity contribution in [3.8, 4) is 0 Å². The van der Waals surface area contributed by atoms with E-state index in [2.05, 4.69) is 25.7 Å². The zero-order chi connectivity index (χ0) is 22.0. The molecule has 0 spiro atoms. The average Bonchev–Trinajstić information content (AvgIpc) is 3.18. The van der Waals surface area contributed by atoms with Crippen LogP contribution < -0.4 is 10.6 Å². The van der Waals surface area contributed by atoms with Crippen LogP contribution in [0.1, 0.15) is 40.4 Å². The maximum absolute atomic E-state index is 13.0. The van der Waals surface area contributed by atoms with E-state index in [9.17, 15) is 9.59 Å². The number of aryl methyl sites for hydroxylation is 3. The lowest BCUT2D eigenvalue weighted by Crippen LogP contribution is -2.44. The fourth-order valence-electron chi connectivity index (χ4n) is 3.86. The van der Waals surface area contributed by atoms with Gasteiger partial charge in [-0.15, -0.1) is 5.10 Å². The van der Waals surface area contributed by atoms with Crippen LogP contribution in [0.2, 0.25) is 0 Å². The Morgan fingerprint density at radius 1 is 1.13 bits per heavy atom. The van der Waals surface area contributed by atoms with Gasteiger partial charge in [0.05, 0.1) is 0 Å². The molecule has 9 nitrogen and oxygen atoms in total. The van der Waals surface area contributed by atoms with Crippen LogP contribution in [0.4, 0.5) is 10.5 Å². The van der Waals surface area contributed by atoms with E-state index in [-0.39, 0.29) is 23.7 Å². The van der Waals surface area contributed by atoms with Crippen molar-refractivity contribution in [3.05, 3.63) is 53.1 Å². The van der Waals surface area contributed by atoms with Crippen molar-refractivity contribution in [3.63, 3.8) is 0 Å². The van der Waals surface area contributed by atoms with E-state index in [1.165, 1.54) is 0 Å². The van der Waals surface area contributed by atoms with Crippen LogP contribution in [0.15, 0.2) is 30.3 Å². The molecule has 2 N–H and O–H groups in total. The number of aromatic nitrogens is 4. The predicted octanol–water partition coefficient (Wildman–Crippen LogP) is 2.72. The summed E-state index contributed by atoms with van der Waals surface area (Å²) in [6.07, 6.45) is 1.83. The highest BCUT2D eigenvalue weighted by Gasteiger charge is 2.27. The zero-order valence-corrected chi connectivity index (χ0v) is 18.1. The summed E-state index contributed by atoms with van der Waals surface area (Å²) in [5, 5.41) is 10.1. The van der Waals surface area contributed by atoms with Crippen molar-refractivity contribution < 1.29 is 9.59 Å². The Kier molecular flexibility index (Phi) is 5.83. The molecule has 0 saturated carbocycles. The fraction of sp³-hybridized carbons (Fsp3) is 0.409. The zero-order valence-electron chi connectivity index (χ0n) is 18.1. The van der Waals surface area contributed by atoms with Gasteiger partial charge in [0.2, 0.25) is 5.82 Å². The minimum Gasteiger partial charge on any atom is -0.338 e. The molecule has 4 rings (SSSR count). The number of likely N-dealkylation sites (tertiary alicyclic amines) is 1. The van der Waals surface area contributed by atoms with E-state index in [0.29, 0.717) is 25.4 Å². The Morgan fingerprint density at radius 2 is 1.90 bits per heavy atom. The predicted molar refractivity (Wildman–Crippen MR) is 117 cm³/mol. The van der Waals surface area contributed by atoms with Gasteiger partial charge in [0.1, 0.15) is 0 Å². The van der Waals surface area contributed by atoms with Crippen LogP contribution in [0, 0.1) is 26.7 Å². The molecule has 0 bridgehead atoms. The number of carbonyl (C=O) groups is 2. The third-order valence-corrected chi connectivity index (χ3v) is 5.48. The fourth-order valence-corrected chi connectivity index (χ4v) is 3.86. The number of anilines is 1. The summed E-state index contributed by atoms with van der Waals surface area (Å²) in [5.74, 6) is 0.577. The van der Waals surface area contributed by atoms with E-state index in [1.807, 2.05) is 51.1 Å². The van der Waals surface area contributed by atoms with Gasteiger partial charge < -0.3 is 15.5 Å². The molecule has 31 heavy (non-hydrogen) atoms. The first-order valence-corrected chi connectivity index (χ1v) is 10.5. The number of nitrogens with one attached hydrogen (secondary N) is 2. The van der Waals surface area contributed by atoms with E-state index < -0.39 is 0 Å². The second-order valence-corrected chi connectivity index (χ2v) is 8.15. The van der Waals surface area contributed by atoms with Crippen LogP contribution >= 0.6 is 0 Å². The van der Waals surface area contributed by atoms with Crippen LogP contribution in [0.3, 0.4) is 0 Å². The molecule has 1 aromatic carbocycles. The number of piperidine rings is 1. The first-order chi connectivity index (χ1) is 14.9. The molecule has 3 amide bonds. The minimum absolute atomic E-state index is 0.159. The summed E-state index contributed by atoms with van der Waals surface area (Å²) < 4.78 is 1.60. The van der Waals surface area contributed by atoms with E-state index >= 15 is 0 Å². The maximum Gasteiger partial charge on any atom is 0.319 e. The molecule has 1 unspecified atom stereocenters. The third kappa shape index (κ3) is 4.82. The van der Waals surface area contributed by atoms with Gasteiger partial charge in [-0.2, -0.15) is 4.98 Å². The van der Waals surface area contributed by atoms with Crippen LogP contribution in [-0.2, 0) is 0 Å². The quantitative estimate of drug-likeness (QED) is 0.674. The van der Waals surface area contributed by atoms with Crippen LogP contribution in [0.5, 0.6) is 0 Å². The van der Waals surface area contributed by atoms with Crippen LogP contribution in [-0.4, -0.2) is 56.1 Å². The molecule has 1 fully saturated rings. The number of nitrogens with zero attached hydrogens (tertiary/aromatic N) is 5. The number of benzene rings is 1. The molecular weight excluding hydrogens is 394 g/mol. The number of urea groups is 1. The highest BCUT2D eigenvalue weighted by Crippen LogP contribution is 2.18. The van der Waals surface area contributed by atoms with Crippen molar-refractivity contribution in [2.24, 2.45) is 5.92 Å². The van der Waals surface area contributed by atoms with E-state index in [0.717, 1.165) is 35.5 Å². The molecule has 3 heterocycles. The average molecular weight is 422 g/mol. The standard InChI is InChI=1S/C22H27N7O2/c1-14-6-8-18(9-7-14)25-22(31)23-12-17-5-4-10-28(13-17)20(30)19-26-21-24-15(2)11-16(3)29(21)27-19/h6-9,11,17H,4-5,10,12-13H2,1-3H3,(H2,23,25,31). The van der Waals surface area contributed by atoms with Gasteiger partial charge in [0.25, 0.3) is 11.7 Å². The normalized spacial score (nSPS) is 16.4. The Hall–Kier alpha value is -3.49. The first kappa shape index (κ1) is 20.8. The number of rotatable bonds is 4. The second kappa shape index (κ2) is 8.71. The van der Waals surface area contributed by atoms with Gasteiger partial charge in [-0.25, -0.2) is 14.3 Å². The highest BCUT2D eigenvalue weighted by molar-refractivity contribution is 5.91. The van der Waals surface area contributed by atoms with Crippen molar-refractivity contribution >= 4 is 23.4 Å². The maximum atomic E-state index is 13.0. The molecule has 2 aromatic heterocycles. The topological polar surface area (TPSA) is 105 Å². The molecule has 0 aliphatic carbocycles.